The van der Waals surface area contributed by atoms with Gasteiger partial charge in [-0.2, -0.15) is 4.31 Å². The van der Waals surface area contributed by atoms with E-state index in [4.69, 9.17) is 9.72 Å². The van der Waals surface area contributed by atoms with Gasteiger partial charge in [-0.1, -0.05) is 43.3 Å². The summed E-state index contributed by atoms with van der Waals surface area (Å²) >= 11 is 1.71. The molecule has 0 saturated carbocycles. The molecule has 4 rings (SSSR count). The van der Waals surface area contributed by atoms with Crippen molar-refractivity contribution in [3.05, 3.63) is 52.6 Å². The van der Waals surface area contributed by atoms with Crippen LogP contribution in [0.15, 0.2) is 40.4 Å². The van der Waals surface area contributed by atoms with Crippen LogP contribution in [0.25, 0.3) is 11.0 Å². The Kier molecular flexibility index (Phi) is 7.72. The van der Waals surface area contributed by atoms with E-state index in [1.165, 1.54) is 26.6 Å². The molecule has 34 heavy (non-hydrogen) atoms. The molecule has 2 heterocycles. The lowest BCUT2D eigenvalue weighted by Crippen LogP contribution is -2.30. The van der Waals surface area contributed by atoms with Crippen molar-refractivity contribution in [1.29, 1.82) is 0 Å². The lowest BCUT2D eigenvalue weighted by molar-refractivity contribution is 0.0960. The maximum Gasteiger partial charge on any atom is 0.243 e. The van der Waals surface area contributed by atoms with E-state index in [1.807, 2.05) is 19.9 Å². The van der Waals surface area contributed by atoms with Crippen molar-refractivity contribution in [3.8, 4) is 0 Å². The third-order valence-electron chi connectivity index (χ3n) is 6.62. The molecular weight excluding hydrogens is 466 g/mol. The van der Waals surface area contributed by atoms with Gasteiger partial charge in [-0.15, -0.1) is 0 Å². The first-order valence-corrected chi connectivity index (χ1v) is 14.5. The minimum atomic E-state index is -3.54. The van der Waals surface area contributed by atoms with Crippen LogP contribution in [0.1, 0.15) is 48.9 Å². The van der Waals surface area contributed by atoms with E-state index in [1.54, 1.807) is 23.9 Å². The molecular formula is C26H35N3O3S2. The molecule has 1 aliphatic heterocycles. The van der Waals surface area contributed by atoms with Crippen molar-refractivity contribution in [2.45, 2.75) is 75.9 Å². The number of imidazole rings is 1. The van der Waals surface area contributed by atoms with Crippen LogP contribution >= 0.6 is 11.8 Å². The van der Waals surface area contributed by atoms with Gasteiger partial charge in [0.25, 0.3) is 0 Å². The zero-order valence-corrected chi connectivity index (χ0v) is 22.4. The molecule has 2 aromatic carbocycles. The second kappa shape index (κ2) is 10.4. The second-order valence-electron chi connectivity index (χ2n) is 9.05. The lowest BCUT2D eigenvalue weighted by atomic mass is 10.0. The molecule has 1 aromatic heterocycles. The smallest absolute Gasteiger partial charge is 0.243 e. The highest BCUT2D eigenvalue weighted by atomic mass is 32.2. The van der Waals surface area contributed by atoms with Gasteiger partial charge in [0.1, 0.15) is 0 Å². The van der Waals surface area contributed by atoms with Crippen LogP contribution in [0.3, 0.4) is 0 Å². The average Bonchev–Trinajstić information content (AvgIpc) is 3.41. The van der Waals surface area contributed by atoms with Gasteiger partial charge in [0, 0.05) is 25.4 Å². The van der Waals surface area contributed by atoms with Crippen molar-refractivity contribution in [2.24, 2.45) is 0 Å². The fourth-order valence-corrected chi connectivity index (χ4v) is 7.51. The fraction of sp³-hybridized carbons (Fsp3) is 0.500. The van der Waals surface area contributed by atoms with Crippen LogP contribution in [-0.4, -0.2) is 48.1 Å². The minimum Gasteiger partial charge on any atom is -0.376 e. The second-order valence-corrected chi connectivity index (χ2v) is 11.9. The number of ether oxygens (including phenoxy) is 1. The Balaban J connectivity index is 1.72. The third-order valence-corrected chi connectivity index (χ3v) is 9.67. The van der Waals surface area contributed by atoms with Gasteiger partial charge in [-0.05, 0) is 68.5 Å². The molecule has 0 radical (unpaired) electrons. The Morgan fingerprint density at radius 1 is 1.12 bits per heavy atom. The van der Waals surface area contributed by atoms with Crippen molar-refractivity contribution in [1.82, 2.24) is 13.9 Å². The van der Waals surface area contributed by atoms with Crippen LogP contribution in [0, 0.1) is 20.8 Å². The van der Waals surface area contributed by atoms with Crippen LogP contribution in [0.2, 0.25) is 0 Å². The minimum absolute atomic E-state index is 0.165. The van der Waals surface area contributed by atoms with Gasteiger partial charge in [-0.3, -0.25) is 0 Å². The number of thioether (sulfide) groups is 1. The normalized spacial score (nSPS) is 16.7. The predicted octanol–water partition coefficient (Wildman–Crippen LogP) is 5.46. The average molecular weight is 502 g/mol. The van der Waals surface area contributed by atoms with Crippen LogP contribution in [0.5, 0.6) is 0 Å². The van der Waals surface area contributed by atoms with E-state index in [2.05, 4.69) is 37.5 Å². The van der Waals surface area contributed by atoms with Crippen molar-refractivity contribution in [2.75, 3.05) is 19.7 Å². The Morgan fingerprint density at radius 3 is 2.44 bits per heavy atom. The van der Waals surface area contributed by atoms with E-state index < -0.39 is 10.0 Å². The molecule has 1 aliphatic rings. The molecule has 0 bridgehead atoms. The van der Waals surface area contributed by atoms with Crippen LogP contribution in [0.4, 0.5) is 0 Å². The highest BCUT2D eigenvalue weighted by Gasteiger charge is 2.25. The summed E-state index contributed by atoms with van der Waals surface area (Å²) < 4.78 is 35.8. The van der Waals surface area contributed by atoms with Gasteiger partial charge in [0.15, 0.2) is 5.16 Å². The van der Waals surface area contributed by atoms with E-state index in [9.17, 15) is 8.42 Å². The topological polar surface area (TPSA) is 64.4 Å². The highest BCUT2D eigenvalue weighted by Crippen LogP contribution is 2.32. The number of aromatic nitrogens is 2. The summed E-state index contributed by atoms with van der Waals surface area (Å²) in [4.78, 5) is 5.22. The van der Waals surface area contributed by atoms with Crippen LogP contribution < -0.4 is 0 Å². The third kappa shape index (κ3) is 5.05. The zero-order valence-electron chi connectivity index (χ0n) is 20.8. The maximum absolute atomic E-state index is 13.1. The number of nitrogens with zero attached hydrogens (tertiary/aromatic N) is 3. The quantitative estimate of drug-likeness (QED) is 0.364. The number of rotatable bonds is 9. The first-order chi connectivity index (χ1) is 16.2. The molecule has 1 atom stereocenters. The molecule has 6 nitrogen and oxygen atoms in total. The molecule has 0 N–H and O–H groups in total. The Bertz CT molecular complexity index is 1250. The van der Waals surface area contributed by atoms with Crippen LogP contribution in [-0.2, 0) is 27.1 Å². The molecule has 0 unspecified atom stereocenters. The summed E-state index contributed by atoms with van der Waals surface area (Å²) in [6, 6.07) is 9.79. The zero-order chi connectivity index (χ0) is 24.5. The van der Waals surface area contributed by atoms with Crippen molar-refractivity contribution < 1.29 is 13.2 Å². The fourth-order valence-electron chi connectivity index (χ4n) is 4.81. The Labute approximate surface area is 207 Å². The highest BCUT2D eigenvalue weighted by molar-refractivity contribution is 7.98. The molecule has 184 valence electrons. The summed E-state index contributed by atoms with van der Waals surface area (Å²) in [7, 11) is -3.54. The monoisotopic (exact) mass is 501 g/mol. The summed E-state index contributed by atoms with van der Waals surface area (Å²) in [5.41, 5.74) is 6.85. The molecule has 0 spiro atoms. The maximum atomic E-state index is 13.1. The summed E-state index contributed by atoms with van der Waals surface area (Å²) in [5.74, 6) is 0.817. The molecule has 3 aromatic rings. The number of hydrogen-bond donors (Lipinski definition) is 0. The molecule has 1 fully saturated rings. The van der Waals surface area contributed by atoms with Gasteiger partial charge in [-0.25, -0.2) is 13.4 Å². The summed E-state index contributed by atoms with van der Waals surface area (Å²) in [6.45, 7) is 12.6. The number of fused-ring (bicyclic) bond motifs is 1. The SMILES string of the molecule is CCN(CC)S(=O)(=O)c1ccc2c(c1)nc(SCc1c(C)cc(C)cc1C)n2C[C@@H]1CCCO1. The number of sulfonamides is 1. The number of aryl methyl sites for hydroxylation is 3. The first-order valence-electron chi connectivity index (χ1n) is 12.1. The largest absolute Gasteiger partial charge is 0.376 e. The van der Waals surface area contributed by atoms with Crippen molar-refractivity contribution >= 4 is 32.8 Å². The van der Waals surface area contributed by atoms with Crippen molar-refractivity contribution in [3.63, 3.8) is 0 Å². The van der Waals surface area contributed by atoms with Gasteiger partial charge in [0.05, 0.1) is 28.6 Å². The van der Waals surface area contributed by atoms with E-state index >= 15 is 0 Å². The lowest BCUT2D eigenvalue weighted by Gasteiger charge is -2.18. The summed E-state index contributed by atoms with van der Waals surface area (Å²) in [6.07, 6.45) is 2.28. The van der Waals surface area contributed by atoms with Gasteiger partial charge < -0.3 is 9.30 Å². The van der Waals surface area contributed by atoms with Gasteiger partial charge in [0.2, 0.25) is 10.0 Å². The molecule has 1 saturated heterocycles. The molecule has 8 heteroatoms. The molecule has 0 amide bonds. The standard InChI is InChI=1S/C26H35N3O3S2/c1-6-28(7-2)34(30,31)22-10-11-25-24(15-22)27-26(29(25)16-21-9-8-12-32-21)33-17-23-19(4)13-18(3)14-20(23)5/h10-11,13-15,21H,6-9,12,16-17H2,1-5H3/t21-/m0/s1. The molecule has 0 aliphatic carbocycles. The predicted molar refractivity (Wildman–Crippen MR) is 139 cm³/mol. The number of hydrogen-bond acceptors (Lipinski definition) is 5. The van der Waals surface area contributed by atoms with E-state index in [0.717, 1.165) is 42.4 Å². The van der Waals surface area contributed by atoms with E-state index in [0.29, 0.717) is 23.5 Å². The first kappa shape index (κ1) is 25.2. The Hall–Kier alpha value is -1.87. The Morgan fingerprint density at radius 2 is 1.82 bits per heavy atom. The van der Waals surface area contributed by atoms with Gasteiger partial charge >= 0.3 is 0 Å². The van der Waals surface area contributed by atoms with E-state index in [-0.39, 0.29) is 6.10 Å². The number of benzene rings is 2. The summed E-state index contributed by atoms with van der Waals surface area (Å²) in [5, 5.41) is 0.905.